The van der Waals surface area contributed by atoms with Gasteiger partial charge in [-0.15, -0.1) is 0 Å². The highest BCUT2D eigenvalue weighted by Crippen LogP contribution is 2.36. The van der Waals surface area contributed by atoms with Gasteiger partial charge in [-0.1, -0.05) is 12.1 Å². The van der Waals surface area contributed by atoms with Crippen LogP contribution in [0.4, 0.5) is 4.39 Å². The summed E-state index contributed by atoms with van der Waals surface area (Å²) < 4.78 is 27.0. The quantitative estimate of drug-likeness (QED) is 0.633. The molecular formula is C27H35FN4O4. The summed E-state index contributed by atoms with van der Waals surface area (Å²) in [5.74, 6) is 0.0369. The average Bonchev–Trinajstić information content (AvgIpc) is 3.47. The Morgan fingerprint density at radius 3 is 2.53 bits per heavy atom. The fraction of sp³-hybridized carbons (Fsp3) is 0.593. The van der Waals surface area contributed by atoms with Crippen molar-refractivity contribution in [3.8, 4) is 5.75 Å². The van der Waals surface area contributed by atoms with E-state index in [9.17, 15) is 14.0 Å². The summed E-state index contributed by atoms with van der Waals surface area (Å²) in [5.41, 5.74) is 3.37. The van der Waals surface area contributed by atoms with Crippen LogP contribution < -0.4 is 4.74 Å². The SMILES string of the molecule is COc1c(F)cccc1C1CCN(C(=O)Cn2nc(C(=O)N3C[C@@H](C)O[C@@H](C)C3)c3c2CCC3)CC1. The van der Waals surface area contributed by atoms with Crippen LogP contribution in [0.25, 0.3) is 0 Å². The van der Waals surface area contributed by atoms with Gasteiger partial charge >= 0.3 is 0 Å². The smallest absolute Gasteiger partial charge is 0.274 e. The van der Waals surface area contributed by atoms with E-state index in [-0.39, 0.29) is 42.3 Å². The van der Waals surface area contributed by atoms with Crippen LogP contribution in [-0.2, 0) is 28.9 Å². The first-order chi connectivity index (χ1) is 17.4. The Bertz CT molecular complexity index is 1130. The molecule has 36 heavy (non-hydrogen) atoms. The van der Waals surface area contributed by atoms with E-state index in [2.05, 4.69) is 5.10 Å². The first kappa shape index (κ1) is 24.7. The van der Waals surface area contributed by atoms with E-state index in [0.717, 1.165) is 48.9 Å². The fourth-order valence-corrected chi connectivity index (χ4v) is 6.04. The number of fused-ring (bicyclic) bond motifs is 1. The first-order valence-electron chi connectivity index (χ1n) is 13.0. The molecule has 2 aliphatic heterocycles. The number of piperidine rings is 1. The largest absolute Gasteiger partial charge is 0.493 e. The van der Waals surface area contributed by atoms with Crippen LogP contribution in [0.2, 0.25) is 0 Å². The summed E-state index contributed by atoms with van der Waals surface area (Å²) in [5, 5.41) is 4.67. The number of morpholine rings is 1. The molecule has 2 saturated heterocycles. The highest BCUT2D eigenvalue weighted by Gasteiger charge is 2.34. The number of carbonyl (C=O) groups is 2. The van der Waals surface area contributed by atoms with E-state index in [0.29, 0.717) is 37.6 Å². The molecule has 194 valence electrons. The van der Waals surface area contributed by atoms with E-state index >= 15 is 0 Å². The van der Waals surface area contributed by atoms with Crippen molar-refractivity contribution in [2.45, 2.75) is 70.6 Å². The van der Waals surface area contributed by atoms with E-state index < -0.39 is 0 Å². The van der Waals surface area contributed by atoms with Gasteiger partial charge in [-0.2, -0.15) is 5.10 Å². The highest BCUT2D eigenvalue weighted by atomic mass is 19.1. The minimum absolute atomic E-state index is 0.00414. The van der Waals surface area contributed by atoms with Crippen molar-refractivity contribution in [3.63, 3.8) is 0 Å². The molecule has 2 amide bonds. The molecule has 0 N–H and O–H groups in total. The second kappa shape index (κ2) is 10.2. The predicted octanol–water partition coefficient (Wildman–Crippen LogP) is 3.18. The molecule has 0 saturated carbocycles. The number of benzene rings is 1. The van der Waals surface area contributed by atoms with Crippen LogP contribution in [-0.4, -0.2) is 76.9 Å². The van der Waals surface area contributed by atoms with Gasteiger partial charge in [0.25, 0.3) is 5.91 Å². The second-order valence-corrected chi connectivity index (χ2v) is 10.3. The molecule has 0 bridgehead atoms. The molecule has 2 aromatic rings. The molecule has 9 heteroatoms. The zero-order chi connectivity index (χ0) is 25.4. The van der Waals surface area contributed by atoms with Gasteiger partial charge in [0.05, 0.1) is 19.3 Å². The lowest BCUT2D eigenvalue weighted by atomic mass is 9.88. The number of halogens is 1. The molecule has 1 aromatic heterocycles. The normalized spacial score (nSPS) is 22.6. The van der Waals surface area contributed by atoms with Crippen molar-refractivity contribution in [2.24, 2.45) is 0 Å². The molecule has 2 atom stereocenters. The Labute approximate surface area is 211 Å². The second-order valence-electron chi connectivity index (χ2n) is 10.3. The lowest BCUT2D eigenvalue weighted by molar-refractivity contribution is -0.133. The van der Waals surface area contributed by atoms with Crippen molar-refractivity contribution in [3.05, 3.63) is 46.5 Å². The van der Waals surface area contributed by atoms with Gasteiger partial charge in [-0.3, -0.25) is 14.3 Å². The number of rotatable bonds is 5. The van der Waals surface area contributed by atoms with E-state index in [4.69, 9.17) is 9.47 Å². The highest BCUT2D eigenvalue weighted by molar-refractivity contribution is 5.94. The van der Waals surface area contributed by atoms with Gasteiger partial charge in [-0.05, 0) is 57.9 Å². The van der Waals surface area contributed by atoms with Crippen molar-refractivity contribution < 1.29 is 23.5 Å². The topological polar surface area (TPSA) is 76.9 Å². The maximum Gasteiger partial charge on any atom is 0.274 e. The third-order valence-electron chi connectivity index (χ3n) is 7.69. The third kappa shape index (κ3) is 4.73. The predicted molar refractivity (Wildman–Crippen MR) is 132 cm³/mol. The molecule has 2 fully saturated rings. The Kier molecular flexibility index (Phi) is 7.01. The number of hydrogen-bond donors (Lipinski definition) is 0. The van der Waals surface area contributed by atoms with Gasteiger partial charge in [0.2, 0.25) is 5.91 Å². The Morgan fingerprint density at radius 1 is 1.11 bits per heavy atom. The number of nitrogens with zero attached hydrogens (tertiary/aromatic N) is 4. The monoisotopic (exact) mass is 498 g/mol. The van der Waals surface area contributed by atoms with Crippen LogP contribution in [0.5, 0.6) is 5.75 Å². The standard InChI is InChI=1S/C27H35FN4O4/c1-17-14-31(15-18(2)36-17)27(34)25-21-7-5-9-23(21)32(29-25)16-24(33)30-12-10-19(11-13-30)20-6-4-8-22(28)26(20)35-3/h4,6,8,17-19H,5,7,9-16H2,1-3H3/t17-,18+. The van der Waals surface area contributed by atoms with Crippen molar-refractivity contribution in [2.75, 3.05) is 33.3 Å². The Hall–Kier alpha value is -2.94. The van der Waals surface area contributed by atoms with Crippen LogP contribution in [0.1, 0.15) is 66.3 Å². The Morgan fingerprint density at radius 2 is 1.83 bits per heavy atom. The van der Waals surface area contributed by atoms with Crippen LogP contribution >= 0.6 is 0 Å². The van der Waals surface area contributed by atoms with Crippen molar-refractivity contribution >= 4 is 11.8 Å². The summed E-state index contributed by atoms with van der Waals surface area (Å²) >= 11 is 0. The minimum atomic E-state index is -0.354. The molecule has 1 aliphatic carbocycles. The zero-order valence-electron chi connectivity index (χ0n) is 21.3. The van der Waals surface area contributed by atoms with E-state index in [1.165, 1.54) is 13.2 Å². The third-order valence-corrected chi connectivity index (χ3v) is 7.69. The fourth-order valence-electron chi connectivity index (χ4n) is 6.04. The molecule has 0 spiro atoms. The molecule has 8 nitrogen and oxygen atoms in total. The maximum atomic E-state index is 14.1. The van der Waals surface area contributed by atoms with Gasteiger partial charge in [-0.25, -0.2) is 4.39 Å². The molecule has 1 aromatic carbocycles. The van der Waals surface area contributed by atoms with Crippen LogP contribution in [0.15, 0.2) is 18.2 Å². The van der Waals surface area contributed by atoms with E-state index in [1.54, 1.807) is 10.7 Å². The number of amides is 2. The number of likely N-dealkylation sites (tertiary alicyclic amines) is 1. The molecule has 0 radical (unpaired) electrons. The van der Waals surface area contributed by atoms with Crippen molar-refractivity contribution in [1.82, 2.24) is 19.6 Å². The number of aromatic nitrogens is 2. The van der Waals surface area contributed by atoms with Gasteiger partial charge < -0.3 is 19.3 Å². The van der Waals surface area contributed by atoms with Gasteiger partial charge in [0, 0.05) is 43.0 Å². The van der Waals surface area contributed by atoms with Crippen molar-refractivity contribution in [1.29, 1.82) is 0 Å². The number of carbonyl (C=O) groups excluding carboxylic acids is 2. The summed E-state index contributed by atoms with van der Waals surface area (Å²) in [4.78, 5) is 30.3. The Balaban J connectivity index is 1.26. The molecular weight excluding hydrogens is 463 g/mol. The number of hydrogen-bond acceptors (Lipinski definition) is 5. The first-order valence-corrected chi connectivity index (χ1v) is 13.0. The lowest BCUT2D eigenvalue weighted by Gasteiger charge is -2.35. The van der Waals surface area contributed by atoms with Crippen LogP contribution in [0, 0.1) is 5.82 Å². The lowest BCUT2D eigenvalue weighted by Crippen LogP contribution is -2.48. The summed E-state index contributed by atoms with van der Waals surface area (Å²) in [6, 6.07) is 5.02. The van der Waals surface area contributed by atoms with Gasteiger partial charge in [0.15, 0.2) is 17.3 Å². The minimum Gasteiger partial charge on any atom is -0.493 e. The molecule has 3 aliphatic rings. The molecule has 3 heterocycles. The molecule has 5 rings (SSSR count). The number of methoxy groups -OCH3 is 1. The zero-order valence-corrected chi connectivity index (χ0v) is 21.3. The number of ether oxygens (including phenoxy) is 2. The average molecular weight is 499 g/mol. The van der Waals surface area contributed by atoms with Crippen LogP contribution in [0.3, 0.4) is 0 Å². The molecule has 0 unspecified atom stereocenters. The van der Waals surface area contributed by atoms with Gasteiger partial charge in [0.1, 0.15) is 6.54 Å². The maximum absolute atomic E-state index is 14.1. The summed E-state index contributed by atoms with van der Waals surface area (Å²) in [6.45, 7) is 6.39. The van der Waals surface area contributed by atoms with E-state index in [1.807, 2.05) is 29.7 Å². The summed E-state index contributed by atoms with van der Waals surface area (Å²) in [7, 11) is 1.49. The summed E-state index contributed by atoms with van der Waals surface area (Å²) in [6.07, 6.45) is 4.11. The number of para-hydroxylation sites is 1.